The van der Waals surface area contributed by atoms with Crippen LogP contribution >= 0.6 is 15.9 Å². The summed E-state index contributed by atoms with van der Waals surface area (Å²) in [7, 11) is 1.92. The molecule has 3 nitrogen and oxygen atoms in total. The van der Waals surface area contributed by atoms with E-state index in [1.165, 1.54) is 5.56 Å². The summed E-state index contributed by atoms with van der Waals surface area (Å²) in [4.78, 5) is 4.63. The third-order valence-electron chi connectivity index (χ3n) is 3.16. The number of aromatic nitrogens is 2. The molecule has 0 saturated heterocycles. The number of halogens is 1. The Bertz CT molecular complexity index is 746. The fourth-order valence-electron chi connectivity index (χ4n) is 2.18. The van der Waals surface area contributed by atoms with Crippen molar-refractivity contribution in [1.29, 1.82) is 0 Å². The Hall–Kier alpha value is -1.81. The molecule has 0 unspecified atom stereocenters. The Morgan fingerprint density at radius 1 is 1.21 bits per heavy atom. The number of pyridine rings is 1. The van der Waals surface area contributed by atoms with Crippen LogP contribution in [0.4, 0.5) is 5.69 Å². The van der Waals surface area contributed by atoms with E-state index in [9.17, 15) is 0 Å². The van der Waals surface area contributed by atoms with Crippen molar-refractivity contribution in [2.75, 3.05) is 12.4 Å². The molecule has 0 saturated carbocycles. The molecule has 96 valence electrons. The smallest absolute Gasteiger partial charge is 0.145 e. The first kappa shape index (κ1) is 12.2. The van der Waals surface area contributed by atoms with Crippen LogP contribution in [0.5, 0.6) is 0 Å². The average Bonchev–Trinajstić information content (AvgIpc) is 2.75. The summed E-state index contributed by atoms with van der Waals surface area (Å²) in [6, 6.07) is 12.5. The first-order valence-electron chi connectivity index (χ1n) is 6.11. The number of fused-ring (bicyclic) bond motifs is 1. The van der Waals surface area contributed by atoms with Crippen LogP contribution < -0.4 is 5.32 Å². The summed E-state index contributed by atoms with van der Waals surface area (Å²) in [6.07, 6.45) is 2.06. The highest BCUT2D eigenvalue weighted by Crippen LogP contribution is 2.27. The number of imidazole rings is 1. The van der Waals surface area contributed by atoms with Crippen LogP contribution in [0, 0.1) is 6.92 Å². The van der Waals surface area contributed by atoms with Crippen molar-refractivity contribution in [3.05, 3.63) is 52.8 Å². The second kappa shape index (κ2) is 4.70. The molecule has 0 aliphatic rings. The van der Waals surface area contributed by atoms with Crippen molar-refractivity contribution in [1.82, 2.24) is 9.38 Å². The molecule has 1 aromatic carbocycles. The number of rotatable bonds is 2. The Labute approximate surface area is 120 Å². The largest absolute Gasteiger partial charge is 0.387 e. The maximum absolute atomic E-state index is 4.63. The van der Waals surface area contributed by atoms with Crippen LogP contribution in [0.15, 0.2) is 47.2 Å². The summed E-state index contributed by atoms with van der Waals surface area (Å²) >= 11 is 3.53. The molecule has 0 aliphatic carbocycles. The molecule has 3 aromatic rings. The van der Waals surface area contributed by atoms with E-state index in [0.29, 0.717) is 0 Å². The van der Waals surface area contributed by atoms with Crippen molar-refractivity contribution >= 4 is 27.1 Å². The van der Waals surface area contributed by atoms with E-state index in [0.717, 1.165) is 27.2 Å². The molecule has 0 fully saturated rings. The molecule has 0 radical (unpaired) electrons. The highest BCUT2D eigenvalue weighted by Gasteiger charge is 2.11. The van der Waals surface area contributed by atoms with Crippen molar-refractivity contribution < 1.29 is 0 Å². The summed E-state index contributed by atoms with van der Waals surface area (Å²) in [5, 5.41) is 3.15. The van der Waals surface area contributed by atoms with Gasteiger partial charge in [-0.05, 0) is 41.1 Å². The number of hydrogen-bond donors (Lipinski definition) is 1. The van der Waals surface area contributed by atoms with Gasteiger partial charge in [0.25, 0.3) is 0 Å². The number of nitrogens with one attached hydrogen (secondary N) is 1. The van der Waals surface area contributed by atoms with Crippen LogP contribution in [-0.2, 0) is 0 Å². The van der Waals surface area contributed by atoms with Gasteiger partial charge in [0.15, 0.2) is 0 Å². The van der Waals surface area contributed by atoms with Crippen molar-refractivity contribution in [2.24, 2.45) is 0 Å². The van der Waals surface area contributed by atoms with E-state index in [2.05, 4.69) is 74.1 Å². The molecule has 2 heterocycles. The quantitative estimate of drug-likeness (QED) is 0.771. The zero-order valence-electron chi connectivity index (χ0n) is 10.8. The average molecular weight is 316 g/mol. The van der Waals surface area contributed by atoms with Gasteiger partial charge in [-0.1, -0.05) is 23.8 Å². The Morgan fingerprint density at radius 3 is 2.79 bits per heavy atom. The standard InChI is InChI=1S/C15H14BrN3/c1-10-4-3-5-11(8-10)15-18-14(16)13-7-6-12(17-2)9-19(13)15/h3-9,17H,1-2H3. The third kappa shape index (κ3) is 2.12. The number of anilines is 1. The molecule has 0 amide bonds. The minimum absolute atomic E-state index is 0.867. The zero-order chi connectivity index (χ0) is 13.4. The molecule has 0 aliphatic heterocycles. The van der Waals surface area contributed by atoms with Crippen LogP contribution in [0.3, 0.4) is 0 Å². The molecule has 0 spiro atoms. The number of nitrogens with zero attached hydrogens (tertiary/aromatic N) is 2. The van der Waals surface area contributed by atoms with Crippen molar-refractivity contribution in [3.63, 3.8) is 0 Å². The van der Waals surface area contributed by atoms with E-state index in [1.54, 1.807) is 0 Å². The van der Waals surface area contributed by atoms with Gasteiger partial charge in [0.05, 0.1) is 11.2 Å². The summed E-state index contributed by atoms with van der Waals surface area (Å²) in [6.45, 7) is 2.09. The lowest BCUT2D eigenvalue weighted by molar-refractivity contribution is 1.16. The summed E-state index contributed by atoms with van der Waals surface area (Å²) < 4.78 is 2.97. The van der Waals surface area contributed by atoms with E-state index in [1.807, 2.05) is 13.1 Å². The maximum Gasteiger partial charge on any atom is 0.145 e. The number of benzene rings is 1. The predicted molar refractivity (Wildman–Crippen MR) is 82.6 cm³/mol. The van der Waals surface area contributed by atoms with Crippen LogP contribution in [0.2, 0.25) is 0 Å². The maximum atomic E-state index is 4.63. The van der Waals surface area contributed by atoms with Gasteiger partial charge >= 0.3 is 0 Å². The summed E-state index contributed by atoms with van der Waals surface area (Å²) in [5.41, 5.74) is 4.48. The Morgan fingerprint density at radius 2 is 2.05 bits per heavy atom. The Kier molecular flexibility index (Phi) is 3.03. The van der Waals surface area contributed by atoms with Gasteiger partial charge in [-0.15, -0.1) is 0 Å². The lowest BCUT2D eigenvalue weighted by Gasteiger charge is -2.05. The zero-order valence-corrected chi connectivity index (χ0v) is 12.4. The monoisotopic (exact) mass is 315 g/mol. The normalized spacial score (nSPS) is 10.9. The van der Waals surface area contributed by atoms with Gasteiger partial charge in [-0.2, -0.15) is 0 Å². The molecule has 1 N–H and O–H groups in total. The fraction of sp³-hybridized carbons (Fsp3) is 0.133. The van der Waals surface area contributed by atoms with Gasteiger partial charge < -0.3 is 5.32 Å². The van der Waals surface area contributed by atoms with Crippen LogP contribution in [0.1, 0.15) is 5.56 Å². The molecule has 0 bridgehead atoms. The topological polar surface area (TPSA) is 29.3 Å². The number of hydrogen-bond acceptors (Lipinski definition) is 2. The van der Waals surface area contributed by atoms with Gasteiger partial charge in [0.1, 0.15) is 10.4 Å². The molecular weight excluding hydrogens is 302 g/mol. The molecular formula is C15H14BrN3. The number of aryl methyl sites for hydroxylation is 1. The van der Waals surface area contributed by atoms with Gasteiger partial charge in [0, 0.05) is 18.8 Å². The minimum Gasteiger partial charge on any atom is -0.387 e. The first-order chi connectivity index (χ1) is 9.19. The van der Waals surface area contributed by atoms with Crippen LogP contribution in [0.25, 0.3) is 16.9 Å². The molecule has 4 heteroatoms. The molecule has 0 atom stereocenters. The minimum atomic E-state index is 0.867. The highest BCUT2D eigenvalue weighted by atomic mass is 79.9. The molecule has 2 aromatic heterocycles. The summed E-state index contributed by atoms with van der Waals surface area (Å²) in [5.74, 6) is 0.947. The van der Waals surface area contributed by atoms with Gasteiger partial charge in [0.2, 0.25) is 0 Å². The van der Waals surface area contributed by atoms with Gasteiger partial charge in [-0.3, -0.25) is 4.40 Å². The highest BCUT2D eigenvalue weighted by molar-refractivity contribution is 9.10. The first-order valence-corrected chi connectivity index (χ1v) is 6.91. The van der Waals surface area contributed by atoms with E-state index >= 15 is 0 Å². The SMILES string of the molecule is CNc1ccc2c(Br)nc(-c3cccc(C)c3)n2c1. The lowest BCUT2D eigenvalue weighted by Crippen LogP contribution is -1.94. The van der Waals surface area contributed by atoms with E-state index in [-0.39, 0.29) is 0 Å². The van der Waals surface area contributed by atoms with Gasteiger partial charge in [-0.25, -0.2) is 4.98 Å². The van der Waals surface area contributed by atoms with Crippen LogP contribution in [-0.4, -0.2) is 16.4 Å². The fourth-order valence-corrected chi connectivity index (χ4v) is 2.68. The van der Waals surface area contributed by atoms with E-state index < -0.39 is 0 Å². The second-order valence-corrected chi connectivity index (χ2v) is 5.27. The Balaban J connectivity index is 2.28. The van der Waals surface area contributed by atoms with E-state index in [4.69, 9.17) is 0 Å². The second-order valence-electron chi connectivity index (χ2n) is 4.52. The van der Waals surface area contributed by atoms with Crippen molar-refractivity contribution in [3.8, 4) is 11.4 Å². The third-order valence-corrected chi connectivity index (χ3v) is 3.74. The predicted octanol–water partition coefficient (Wildman–Crippen LogP) is 4.11. The molecule has 19 heavy (non-hydrogen) atoms. The lowest BCUT2D eigenvalue weighted by atomic mass is 10.1. The van der Waals surface area contributed by atoms with Crippen molar-refractivity contribution in [2.45, 2.75) is 6.92 Å². The molecule has 3 rings (SSSR count).